The number of urea groups is 1. The zero-order valence-corrected chi connectivity index (χ0v) is 9.55. The highest BCUT2D eigenvalue weighted by molar-refractivity contribution is 5.74. The molecule has 2 atom stereocenters. The number of nitrogens with one attached hydrogen (secondary N) is 1. The molecule has 0 aromatic rings. The summed E-state index contributed by atoms with van der Waals surface area (Å²) in [5.41, 5.74) is 0. The van der Waals surface area contributed by atoms with Crippen LogP contribution in [-0.4, -0.2) is 29.6 Å². The Morgan fingerprint density at radius 1 is 1.36 bits per heavy atom. The fraction of sp³-hybridized carbons (Fsp3) is 0.909. The predicted molar refractivity (Wildman–Crippen MR) is 58.3 cm³/mol. The van der Waals surface area contributed by atoms with Gasteiger partial charge in [0.15, 0.2) is 0 Å². The number of likely N-dealkylation sites (tertiary alicyclic amines) is 1. The van der Waals surface area contributed by atoms with Crippen molar-refractivity contribution in [3.05, 3.63) is 0 Å². The summed E-state index contributed by atoms with van der Waals surface area (Å²) in [6.07, 6.45) is 4.54. The van der Waals surface area contributed by atoms with E-state index in [1.807, 2.05) is 4.90 Å². The van der Waals surface area contributed by atoms with Crippen molar-refractivity contribution >= 4 is 6.03 Å². The summed E-state index contributed by atoms with van der Waals surface area (Å²) >= 11 is 0. The molecular formula is C11H22N2O. The first-order valence-electron chi connectivity index (χ1n) is 5.73. The van der Waals surface area contributed by atoms with Crippen molar-refractivity contribution in [3.63, 3.8) is 0 Å². The summed E-state index contributed by atoms with van der Waals surface area (Å²) in [5, 5.41) is 2.95. The molecule has 1 aliphatic rings. The molecule has 2 amide bonds. The number of carbonyl (C=O) groups excluding carboxylic acids is 1. The predicted octanol–water partition coefficient (Wildman–Crippen LogP) is 2.37. The Hall–Kier alpha value is -0.730. The molecule has 82 valence electrons. The molecule has 1 aliphatic heterocycles. The second kappa shape index (κ2) is 5.23. The highest BCUT2D eigenvalue weighted by Gasteiger charge is 2.28. The quantitative estimate of drug-likeness (QED) is 0.726. The van der Waals surface area contributed by atoms with Crippen LogP contribution in [0.3, 0.4) is 0 Å². The summed E-state index contributed by atoms with van der Waals surface area (Å²) in [4.78, 5) is 13.8. The number of piperidine rings is 1. The number of carbonyl (C=O) groups is 1. The Bertz CT molecular complexity index is 184. The van der Waals surface area contributed by atoms with Gasteiger partial charge in [0.25, 0.3) is 0 Å². The Morgan fingerprint density at radius 3 is 2.43 bits per heavy atom. The van der Waals surface area contributed by atoms with Gasteiger partial charge >= 0.3 is 6.03 Å². The Balaban J connectivity index is 2.49. The molecule has 0 bridgehead atoms. The highest BCUT2D eigenvalue weighted by Crippen LogP contribution is 2.22. The second-order valence-corrected chi connectivity index (χ2v) is 4.27. The van der Waals surface area contributed by atoms with E-state index < -0.39 is 0 Å². The average molecular weight is 198 g/mol. The Morgan fingerprint density at radius 2 is 1.93 bits per heavy atom. The lowest BCUT2D eigenvalue weighted by molar-refractivity contribution is 0.123. The molecule has 0 radical (unpaired) electrons. The lowest BCUT2D eigenvalue weighted by Crippen LogP contribution is -2.51. The first-order chi connectivity index (χ1) is 6.66. The van der Waals surface area contributed by atoms with E-state index in [0.29, 0.717) is 12.1 Å². The monoisotopic (exact) mass is 198 g/mol. The van der Waals surface area contributed by atoms with Crippen molar-refractivity contribution in [1.82, 2.24) is 10.2 Å². The molecule has 1 fully saturated rings. The molecule has 1 saturated heterocycles. The van der Waals surface area contributed by atoms with Crippen LogP contribution >= 0.6 is 0 Å². The summed E-state index contributed by atoms with van der Waals surface area (Å²) in [7, 11) is 0. The average Bonchev–Trinajstić information content (AvgIpc) is 2.14. The van der Waals surface area contributed by atoms with Crippen molar-refractivity contribution in [2.75, 3.05) is 6.54 Å². The molecule has 3 nitrogen and oxygen atoms in total. The molecule has 1 rings (SSSR count). The number of hydrogen-bond donors (Lipinski definition) is 1. The smallest absolute Gasteiger partial charge is 0.317 e. The van der Waals surface area contributed by atoms with E-state index in [2.05, 4.69) is 26.1 Å². The topological polar surface area (TPSA) is 32.3 Å². The molecule has 14 heavy (non-hydrogen) atoms. The zero-order chi connectivity index (χ0) is 10.6. The summed E-state index contributed by atoms with van der Waals surface area (Å²) in [6.45, 7) is 7.14. The van der Waals surface area contributed by atoms with E-state index in [9.17, 15) is 4.79 Å². The minimum absolute atomic E-state index is 0.117. The van der Waals surface area contributed by atoms with Crippen molar-refractivity contribution in [2.45, 2.75) is 58.5 Å². The maximum Gasteiger partial charge on any atom is 0.317 e. The third-order valence-electron chi connectivity index (χ3n) is 2.95. The maximum atomic E-state index is 11.8. The van der Waals surface area contributed by atoms with Crippen LogP contribution in [0.2, 0.25) is 0 Å². The summed E-state index contributed by atoms with van der Waals surface area (Å²) in [5.74, 6) is 0. The standard InChI is InChI=1S/C11H22N2O/c1-4-8-12-11(14)13-9(2)6-5-7-10(13)3/h9-10H,4-8H2,1-3H3,(H,12,14). The van der Waals surface area contributed by atoms with Crippen LogP contribution in [0.15, 0.2) is 0 Å². The lowest BCUT2D eigenvalue weighted by atomic mass is 9.98. The van der Waals surface area contributed by atoms with Gasteiger partial charge in [-0.25, -0.2) is 4.79 Å². The van der Waals surface area contributed by atoms with Gasteiger partial charge in [-0.3, -0.25) is 0 Å². The molecule has 0 aromatic heterocycles. The van der Waals surface area contributed by atoms with E-state index in [1.54, 1.807) is 0 Å². The summed E-state index contributed by atoms with van der Waals surface area (Å²) < 4.78 is 0. The number of amides is 2. The first kappa shape index (κ1) is 11.3. The van der Waals surface area contributed by atoms with Gasteiger partial charge in [0.05, 0.1) is 0 Å². The fourth-order valence-electron chi connectivity index (χ4n) is 2.14. The van der Waals surface area contributed by atoms with Gasteiger partial charge in [-0.2, -0.15) is 0 Å². The molecule has 0 aliphatic carbocycles. The van der Waals surface area contributed by atoms with E-state index in [1.165, 1.54) is 6.42 Å². The number of hydrogen-bond acceptors (Lipinski definition) is 1. The number of nitrogens with zero attached hydrogens (tertiary/aromatic N) is 1. The van der Waals surface area contributed by atoms with Gasteiger partial charge in [0.1, 0.15) is 0 Å². The first-order valence-corrected chi connectivity index (χ1v) is 5.73. The van der Waals surface area contributed by atoms with Gasteiger partial charge in [0.2, 0.25) is 0 Å². The van der Waals surface area contributed by atoms with Gasteiger partial charge < -0.3 is 10.2 Å². The van der Waals surface area contributed by atoms with Crippen LogP contribution in [0.1, 0.15) is 46.5 Å². The molecule has 0 aromatic carbocycles. The summed E-state index contributed by atoms with van der Waals surface area (Å²) in [6, 6.07) is 0.915. The molecule has 2 unspecified atom stereocenters. The van der Waals surface area contributed by atoms with Crippen LogP contribution in [0.25, 0.3) is 0 Å². The highest BCUT2D eigenvalue weighted by atomic mass is 16.2. The van der Waals surface area contributed by atoms with Crippen LogP contribution in [-0.2, 0) is 0 Å². The minimum Gasteiger partial charge on any atom is -0.338 e. The molecule has 1 heterocycles. The van der Waals surface area contributed by atoms with Crippen LogP contribution < -0.4 is 5.32 Å². The third kappa shape index (κ3) is 2.63. The van der Waals surface area contributed by atoms with E-state index in [4.69, 9.17) is 0 Å². The van der Waals surface area contributed by atoms with Crippen molar-refractivity contribution in [1.29, 1.82) is 0 Å². The maximum absolute atomic E-state index is 11.8. The van der Waals surface area contributed by atoms with Gasteiger partial charge in [-0.05, 0) is 39.5 Å². The van der Waals surface area contributed by atoms with Crippen LogP contribution in [0.4, 0.5) is 4.79 Å². The van der Waals surface area contributed by atoms with Crippen molar-refractivity contribution in [2.24, 2.45) is 0 Å². The normalized spacial score (nSPS) is 27.5. The number of rotatable bonds is 2. The molecular weight excluding hydrogens is 176 g/mol. The molecule has 0 saturated carbocycles. The SMILES string of the molecule is CCCNC(=O)N1C(C)CCCC1C. The third-order valence-corrected chi connectivity index (χ3v) is 2.95. The largest absolute Gasteiger partial charge is 0.338 e. The lowest BCUT2D eigenvalue weighted by Gasteiger charge is -2.38. The van der Waals surface area contributed by atoms with Gasteiger partial charge in [0, 0.05) is 18.6 Å². The van der Waals surface area contributed by atoms with Crippen molar-refractivity contribution < 1.29 is 4.79 Å². The van der Waals surface area contributed by atoms with Crippen LogP contribution in [0, 0.1) is 0 Å². The van der Waals surface area contributed by atoms with Gasteiger partial charge in [-0.1, -0.05) is 6.92 Å². The van der Waals surface area contributed by atoms with E-state index >= 15 is 0 Å². The molecule has 3 heteroatoms. The van der Waals surface area contributed by atoms with Crippen LogP contribution in [0.5, 0.6) is 0 Å². The van der Waals surface area contributed by atoms with Crippen molar-refractivity contribution in [3.8, 4) is 0 Å². The molecule has 0 spiro atoms. The van der Waals surface area contributed by atoms with Gasteiger partial charge in [-0.15, -0.1) is 0 Å². The second-order valence-electron chi connectivity index (χ2n) is 4.27. The Labute approximate surface area is 86.9 Å². The minimum atomic E-state index is 0.117. The zero-order valence-electron chi connectivity index (χ0n) is 9.55. The van der Waals surface area contributed by atoms with E-state index in [-0.39, 0.29) is 6.03 Å². The Kier molecular flexibility index (Phi) is 4.23. The molecule has 1 N–H and O–H groups in total. The van der Waals surface area contributed by atoms with E-state index in [0.717, 1.165) is 25.8 Å². The fourth-order valence-corrected chi connectivity index (χ4v) is 2.14.